The van der Waals surface area contributed by atoms with Gasteiger partial charge in [0, 0.05) is 5.69 Å². The van der Waals surface area contributed by atoms with Gasteiger partial charge in [0.15, 0.2) is 0 Å². The Hall–Kier alpha value is -2.64. The first-order valence-electron chi connectivity index (χ1n) is 9.26. The quantitative estimate of drug-likeness (QED) is 0.589. The minimum atomic E-state index is -5.11. The molecule has 3 fully saturated rings. The van der Waals surface area contributed by atoms with Gasteiger partial charge in [-0.3, -0.25) is 24.2 Å². The first-order chi connectivity index (χ1) is 13.3. The molecule has 0 aromatic heterocycles. The summed E-state index contributed by atoms with van der Waals surface area (Å²) in [6, 6.07) is 7.30. The number of imide groups is 1. The molecule has 0 N–H and O–H groups in total. The van der Waals surface area contributed by atoms with E-state index >= 15 is 0 Å². The van der Waals surface area contributed by atoms with Gasteiger partial charge in [0.25, 0.3) is 0 Å². The Kier molecular flexibility index (Phi) is 3.54. The van der Waals surface area contributed by atoms with Crippen LogP contribution in [0.2, 0.25) is 0 Å². The van der Waals surface area contributed by atoms with Gasteiger partial charge in [-0.15, -0.1) is 0 Å². The second kappa shape index (κ2) is 5.68. The average Bonchev–Trinajstić information content (AvgIpc) is 3.45. The van der Waals surface area contributed by atoms with E-state index in [4.69, 9.17) is 0 Å². The third-order valence-corrected chi connectivity index (χ3v) is 6.59. The molecule has 146 valence electrons. The summed E-state index contributed by atoms with van der Waals surface area (Å²) >= 11 is 0. The largest absolute Gasteiger partial charge is 0.471 e. The highest BCUT2D eigenvalue weighted by atomic mass is 19.4. The predicted molar refractivity (Wildman–Crippen MR) is 91.4 cm³/mol. The van der Waals surface area contributed by atoms with Crippen LogP contribution in [0.5, 0.6) is 0 Å². The molecule has 1 aliphatic heterocycles. The molecule has 1 heterocycles. The molecule has 3 amide bonds. The zero-order valence-corrected chi connectivity index (χ0v) is 14.7. The number of hydrogen-bond acceptors (Lipinski definition) is 3. The van der Waals surface area contributed by atoms with Crippen LogP contribution in [-0.2, 0) is 14.4 Å². The molecule has 1 aromatic carbocycles. The number of anilines is 1. The molecule has 2 saturated carbocycles. The third-order valence-electron chi connectivity index (χ3n) is 6.59. The minimum Gasteiger partial charge on any atom is -0.286 e. The Bertz CT molecular complexity index is 862. The van der Waals surface area contributed by atoms with Crippen molar-refractivity contribution in [3.8, 4) is 0 Å². The van der Waals surface area contributed by atoms with E-state index in [0.29, 0.717) is 16.7 Å². The molecule has 28 heavy (non-hydrogen) atoms. The van der Waals surface area contributed by atoms with E-state index in [1.54, 1.807) is 6.07 Å². The monoisotopic (exact) mass is 390 g/mol. The summed E-state index contributed by atoms with van der Waals surface area (Å²) in [5, 5.41) is 0. The summed E-state index contributed by atoms with van der Waals surface area (Å²) in [6.07, 6.45) is -0.135. The molecular weight excluding hydrogens is 373 g/mol. The summed E-state index contributed by atoms with van der Waals surface area (Å²) in [5.74, 6) is -3.29. The predicted octanol–water partition coefficient (Wildman–Crippen LogP) is 2.59. The van der Waals surface area contributed by atoms with Crippen molar-refractivity contribution in [3.63, 3.8) is 0 Å². The van der Waals surface area contributed by atoms with Crippen LogP contribution in [0.4, 0.5) is 18.9 Å². The van der Waals surface area contributed by atoms with Crippen molar-refractivity contribution in [2.24, 2.45) is 35.5 Å². The zero-order chi connectivity index (χ0) is 19.8. The number of para-hydroxylation sites is 1. The number of rotatable bonds is 3. The van der Waals surface area contributed by atoms with Crippen molar-refractivity contribution < 1.29 is 27.6 Å². The van der Waals surface area contributed by atoms with Crippen LogP contribution >= 0.6 is 0 Å². The molecule has 8 heteroatoms. The fraction of sp³-hybridized carbons (Fsp3) is 0.450. The first-order valence-corrected chi connectivity index (χ1v) is 9.26. The van der Waals surface area contributed by atoms with Gasteiger partial charge in [-0.1, -0.05) is 30.4 Å². The van der Waals surface area contributed by atoms with Gasteiger partial charge < -0.3 is 0 Å². The van der Waals surface area contributed by atoms with Crippen molar-refractivity contribution in [2.45, 2.75) is 12.6 Å². The molecule has 1 aromatic rings. The van der Waals surface area contributed by atoms with E-state index in [9.17, 15) is 27.6 Å². The highest BCUT2D eigenvalue weighted by Gasteiger charge is 2.67. The lowest BCUT2D eigenvalue weighted by Gasteiger charge is -2.37. The van der Waals surface area contributed by atoms with E-state index < -0.39 is 42.4 Å². The Labute approximate surface area is 158 Å². The van der Waals surface area contributed by atoms with Crippen LogP contribution in [-0.4, -0.2) is 35.5 Å². The highest BCUT2D eigenvalue weighted by molar-refractivity contribution is 6.07. The van der Waals surface area contributed by atoms with Gasteiger partial charge in [-0.2, -0.15) is 13.2 Å². The molecule has 5 aliphatic rings. The third kappa shape index (κ3) is 2.36. The van der Waals surface area contributed by atoms with Crippen molar-refractivity contribution in [2.75, 3.05) is 11.6 Å². The molecule has 4 aliphatic carbocycles. The van der Waals surface area contributed by atoms with E-state index in [2.05, 4.69) is 0 Å². The molecular formula is C20H17F3N2O3. The Morgan fingerprint density at radius 2 is 1.54 bits per heavy atom. The summed E-state index contributed by atoms with van der Waals surface area (Å²) in [6.45, 7) is -0.720. The maximum Gasteiger partial charge on any atom is 0.471 e. The molecule has 5 nitrogen and oxygen atoms in total. The number of carbonyl (C=O) groups excluding carboxylic acids is 3. The summed E-state index contributed by atoms with van der Waals surface area (Å²) in [5.41, 5.74) is -0.00996. The highest BCUT2D eigenvalue weighted by Crippen LogP contribution is 2.65. The Morgan fingerprint density at radius 3 is 2.04 bits per heavy atom. The fourth-order valence-electron chi connectivity index (χ4n) is 5.32. The lowest BCUT2D eigenvalue weighted by molar-refractivity contribution is -0.171. The Balaban J connectivity index is 1.46. The van der Waals surface area contributed by atoms with Gasteiger partial charge in [-0.25, -0.2) is 0 Å². The lowest BCUT2D eigenvalue weighted by atomic mass is 9.63. The number of hydrogen-bond donors (Lipinski definition) is 0. The summed E-state index contributed by atoms with van der Waals surface area (Å²) < 4.78 is 39.5. The van der Waals surface area contributed by atoms with Crippen molar-refractivity contribution >= 4 is 23.4 Å². The number of carbonyl (C=O) groups is 3. The molecule has 1 saturated heterocycles. The normalized spacial score (nSPS) is 35.0. The van der Waals surface area contributed by atoms with Crippen molar-refractivity contribution in [1.29, 1.82) is 0 Å². The maximum atomic E-state index is 13.2. The van der Waals surface area contributed by atoms with E-state index in [1.165, 1.54) is 24.3 Å². The van der Waals surface area contributed by atoms with Crippen molar-refractivity contribution in [3.05, 3.63) is 42.5 Å². The number of allylic oxidation sites excluding steroid dienone is 2. The Morgan fingerprint density at radius 1 is 1.00 bits per heavy atom. The minimum absolute atomic E-state index is 0.00996. The average molecular weight is 390 g/mol. The molecule has 2 bridgehead atoms. The first kappa shape index (κ1) is 17.5. The fourth-order valence-corrected chi connectivity index (χ4v) is 5.32. The number of amides is 3. The molecule has 6 atom stereocenters. The number of halogens is 3. The van der Waals surface area contributed by atoms with Crippen LogP contribution in [0.25, 0.3) is 0 Å². The van der Waals surface area contributed by atoms with Crippen molar-refractivity contribution in [1.82, 2.24) is 4.90 Å². The van der Waals surface area contributed by atoms with Crippen LogP contribution < -0.4 is 4.90 Å². The number of likely N-dealkylation sites (tertiary alicyclic amines) is 1. The van der Waals surface area contributed by atoms with Gasteiger partial charge in [-0.05, 0) is 42.2 Å². The zero-order valence-electron chi connectivity index (χ0n) is 14.7. The van der Waals surface area contributed by atoms with Crippen LogP contribution in [0, 0.1) is 35.5 Å². The van der Waals surface area contributed by atoms with Crippen LogP contribution in [0.3, 0.4) is 0 Å². The van der Waals surface area contributed by atoms with E-state index in [-0.39, 0.29) is 17.5 Å². The van der Waals surface area contributed by atoms with Crippen LogP contribution in [0.15, 0.2) is 42.5 Å². The summed E-state index contributed by atoms with van der Waals surface area (Å²) in [4.78, 5) is 39.3. The molecule has 0 spiro atoms. The second-order valence-corrected chi connectivity index (χ2v) is 7.97. The SMILES string of the molecule is O=C1C2C3C=CC(C4CC34)C2C(=O)N1CN(C(=O)C(F)(F)F)c1ccccc1. The molecule has 6 rings (SSSR count). The van der Waals surface area contributed by atoms with Crippen LogP contribution in [0.1, 0.15) is 6.42 Å². The van der Waals surface area contributed by atoms with E-state index in [0.717, 1.165) is 11.3 Å². The van der Waals surface area contributed by atoms with Gasteiger partial charge in [0.1, 0.15) is 6.67 Å². The maximum absolute atomic E-state index is 13.2. The number of benzene rings is 1. The smallest absolute Gasteiger partial charge is 0.286 e. The van der Waals surface area contributed by atoms with Gasteiger partial charge in [0.2, 0.25) is 11.8 Å². The molecule has 6 unspecified atom stereocenters. The van der Waals surface area contributed by atoms with Gasteiger partial charge in [0.05, 0.1) is 11.8 Å². The second-order valence-electron chi connectivity index (χ2n) is 7.97. The number of alkyl halides is 3. The lowest BCUT2D eigenvalue weighted by Crippen LogP contribution is -2.49. The molecule has 0 radical (unpaired) electrons. The summed E-state index contributed by atoms with van der Waals surface area (Å²) in [7, 11) is 0. The standard InChI is InChI=1S/C20H17F3N2O3/c21-20(22,23)19(28)24(10-4-2-1-3-5-10)9-25-17(26)15-11-6-7-12(14-8-13(11)14)16(15)18(25)27/h1-7,11-16H,8-9H2. The van der Waals surface area contributed by atoms with E-state index in [1.807, 2.05) is 12.2 Å². The topological polar surface area (TPSA) is 57.7 Å². The van der Waals surface area contributed by atoms with Gasteiger partial charge >= 0.3 is 12.1 Å². The number of nitrogens with zero attached hydrogens (tertiary/aromatic N) is 2.